The van der Waals surface area contributed by atoms with Crippen molar-refractivity contribution in [2.45, 2.75) is 13.0 Å². The van der Waals surface area contributed by atoms with Crippen molar-refractivity contribution in [3.05, 3.63) is 48.8 Å². The first-order valence-electron chi connectivity index (χ1n) is 5.15. The maximum atomic E-state index is 4.25. The van der Waals surface area contributed by atoms with Crippen LogP contribution >= 0.6 is 43.2 Å². The monoisotopic (exact) mass is 374 g/mol. The molecule has 2 nitrogen and oxygen atoms in total. The summed E-state index contributed by atoms with van der Waals surface area (Å²) >= 11 is 8.78. The molecule has 0 aliphatic heterocycles. The highest BCUT2D eigenvalue weighted by Gasteiger charge is 2.16. The van der Waals surface area contributed by atoms with E-state index in [0.717, 1.165) is 8.26 Å². The summed E-state index contributed by atoms with van der Waals surface area (Å²) in [5.41, 5.74) is 2.37. The highest BCUT2D eigenvalue weighted by molar-refractivity contribution is 9.13. The molecule has 90 valence electrons. The molecular weight excluding hydrogens is 364 g/mol. The second kappa shape index (κ2) is 5.61. The lowest BCUT2D eigenvalue weighted by molar-refractivity contribution is 0.699. The number of thiophene rings is 1. The maximum absolute atomic E-state index is 4.25. The molecule has 0 saturated heterocycles. The van der Waals surface area contributed by atoms with Gasteiger partial charge in [0.05, 0.1) is 9.83 Å². The lowest BCUT2D eigenvalue weighted by Crippen LogP contribution is -2.16. The highest BCUT2D eigenvalue weighted by atomic mass is 79.9. The van der Waals surface area contributed by atoms with Gasteiger partial charge in [-0.3, -0.25) is 4.98 Å². The molecule has 0 aromatic carbocycles. The Kier molecular flexibility index (Phi) is 4.36. The smallest absolute Gasteiger partial charge is 0.0843 e. The molecule has 5 heteroatoms. The van der Waals surface area contributed by atoms with Gasteiger partial charge in [0.25, 0.3) is 0 Å². The standard InChI is InChI=1S/C12H12Br2N2S/c1-7-3-8(6-16-5-7)11(15-2)10-4-9(13)12(14)17-10/h3-6,11,15H,1-2H3. The summed E-state index contributed by atoms with van der Waals surface area (Å²) in [5, 5.41) is 3.33. The first-order valence-corrected chi connectivity index (χ1v) is 7.55. The van der Waals surface area contributed by atoms with E-state index in [-0.39, 0.29) is 6.04 Å². The molecule has 0 spiro atoms. The van der Waals surface area contributed by atoms with E-state index in [1.54, 1.807) is 11.3 Å². The van der Waals surface area contributed by atoms with Crippen LogP contribution in [0.25, 0.3) is 0 Å². The second-order valence-corrected chi connectivity index (χ2v) is 7.04. The Bertz CT molecular complexity index is 505. The van der Waals surface area contributed by atoms with Crippen molar-refractivity contribution >= 4 is 43.2 Å². The van der Waals surface area contributed by atoms with Gasteiger partial charge in [-0.15, -0.1) is 11.3 Å². The minimum Gasteiger partial charge on any atom is -0.309 e. The van der Waals surface area contributed by atoms with E-state index in [0.29, 0.717) is 0 Å². The summed E-state index contributed by atoms with van der Waals surface area (Å²) in [5.74, 6) is 0. The van der Waals surface area contributed by atoms with E-state index in [9.17, 15) is 0 Å². The molecule has 0 fully saturated rings. The predicted molar refractivity (Wildman–Crippen MR) is 79.6 cm³/mol. The second-order valence-electron chi connectivity index (χ2n) is 3.79. The van der Waals surface area contributed by atoms with Crippen LogP contribution in [0.3, 0.4) is 0 Å². The van der Waals surface area contributed by atoms with E-state index >= 15 is 0 Å². The Balaban J connectivity index is 2.39. The van der Waals surface area contributed by atoms with E-state index < -0.39 is 0 Å². The average molecular weight is 376 g/mol. The summed E-state index contributed by atoms with van der Waals surface area (Å²) in [4.78, 5) is 5.51. The Morgan fingerprint density at radius 3 is 2.59 bits per heavy atom. The number of rotatable bonds is 3. The third kappa shape index (κ3) is 2.96. The molecule has 0 radical (unpaired) electrons. The van der Waals surface area contributed by atoms with Crippen molar-refractivity contribution in [1.29, 1.82) is 0 Å². The van der Waals surface area contributed by atoms with Gasteiger partial charge in [0.1, 0.15) is 0 Å². The highest BCUT2D eigenvalue weighted by Crippen LogP contribution is 2.37. The van der Waals surface area contributed by atoms with Crippen LogP contribution in [-0.4, -0.2) is 12.0 Å². The molecule has 17 heavy (non-hydrogen) atoms. The van der Waals surface area contributed by atoms with Gasteiger partial charge in [-0.1, -0.05) is 6.07 Å². The Labute approximate surface area is 122 Å². The van der Waals surface area contributed by atoms with Crippen molar-refractivity contribution in [3.8, 4) is 0 Å². The molecule has 0 aliphatic rings. The third-order valence-corrected chi connectivity index (χ3v) is 5.79. The predicted octanol–water partition coefficient (Wildman–Crippen LogP) is 4.29. The van der Waals surface area contributed by atoms with Crippen molar-refractivity contribution < 1.29 is 0 Å². The zero-order valence-electron chi connectivity index (χ0n) is 9.50. The zero-order chi connectivity index (χ0) is 12.4. The molecule has 1 N–H and O–H groups in total. The Hall–Kier alpha value is -0.230. The number of pyridine rings is 1. The molecule has 0 bridgehead atoms. The van der Waals surface area contributed by atoms with Gasteiger partial charge in [-0.2, -0.15) is 0 Å². The summed E-state index contributed by atoms with van der Waals surface area (Å²) in [6.45, 7) is 2.06. The largest absolute Gasteiger partial charge is 0.309 e. The SMILES string of the molecule is CNC(c1cncc(C)c1)c1cc(Br)c(Br)s1. The van der Waals surface area contributed by atoms with E-state index in [4.69, 9.17) is 0 Å². The fourth-order valence-electron chi connectivity index (χ4n) is 1.71. The number of aromatic nitrogens is 1. The molecule has 0 saturated carbocycles. The maximum Gasteiger partial charge on any atom is 0.0843 e. The zero-order valence-corrected chi connectivity index (χ0v) is 13.5. The van der Waals surface area contributed by atoms with Crippen molar-refractivity contribution in [1.82, 2.24) is 10.3 Å². The lowest BCUT2D eigenvalue weighted by Gasteiger charge is -2.14. The van der Waals surface area contributed by atoms with Crippen LogP contribution in [0.5, 0.6) is 0 Å². The van der Waals surface area contributed by atoms with Crippen LogP contribution in [0.1, 0.15) is 22.0 Å². The van der Waals surface area contributed by atoms with Gasteiger partial charge in [0, 0.05) is 21.7 Å². The number of nitrogens with one attached hydrogen (secondary N) is 1. The van der Waals surface area contributed by atoms with Crippen LogP contribution in [-0.2, 0) is 0 Å². The fraction of sp³-hybridized carbons (Fsp3) is 0.250. The quantitative estimate of drug-likeness (QED) is 0.865. The van der Waals surface area contributed by atoms with Crippen LogP contribution in [0.15, 0.2) is 32.8 Å². The molecule has 1 unspecified atom stereocenters. The lowest BCUT2D eigenvalue weighted by atomic mass is 10.1. The molecule has 1 atom stereocenters. The molecule has 2 aromatic heterocycles. The van der Waals surface area contributed by atoms with Crippen molar-refractivity contribution in [3.63, 3.8) is 0 Å². The average Bonchev–Trinajstić information content (AvgIpc) is 2.60. The van der Waals surface area contributed by atoms with Crippen LogP contribution in [0, 0.1) is 6.92 Å². The number of hydrogen-bond acceptors (Lipinski definition) is 3. The molecule has 2 rings (SSSR count). The van der Waals surface area contributed by atoms with Gasteiger partial charge in [-0.05, 0) is 63.0 Å². The van der Waals surface area contributed by atoms with Crippen molar-refractivity contribution in [2.24, 2.45) is 0 Å². The fourth-order valence-corrected chi connectivity index (χ4v) is 3.94. The summed E-state index contributed by atoms with van der Waals surface area (Å²) in [7, 11) is 1.97. The van der Waals surface area contributed by atoms with Crippen LogP contribution in [0.2, 0.25) is 0 Å². The number of halogens is 2. The third-order valence-electron chi connectivity index (χ3n) is 2.47. The topological polar surface area (TPSA) is 24.9 Å². The summed E-state index contributed by atoms with van der Waals surface area (Å²) in [6, 6.07) is 4.49. The molecular formula is C12H12Br2N2S. The Morgan fingerprint density at radius 2 is 2.06 bits per heavy atom. The van der Waals surface area contributed by atoms with Gasteiger partial charge in [0.2, 0.25) is 0 Å². The molecule has 0 amide bonds. The summed E-state index contributed by atoms with van der Waals surface area (Å²) in [6.07, 6.45) is 3.78. The van der Waals surface area contributed by atoms with Gasteiger partial charge in [-0.25, -0.2) is 0 Å². The minimum atomic E-state index is 0.190. The van der Waals surface area contributed by atoms with E-state index in [1.807, 2.05) is 19.4 Å². The van der Waals surface area contributed by atoms with Gasteiger partial charge >= 0.3 is 0 Å². The van der Waals surface area contributed by atoms with Crippen molar-refractivity contribution in [2.75, 3.05) is 7.05 Å². The molecule has 2 heterocycles. The Morgan fingerprint density at radius 1 is 1.29 bits per heavy atom. The minimum absolute atomic E-state index is 0.190. The van der Waals surface area contributed by atoms with Crippen LogP contribution < -0.4 is 5.32 Å². The normalized spacial score (nSPS) is 12.7. The van der Waals surface area contributed by atoms with E-state index in [2.05, 4.69) is 61.2 Å². The van der Waals surface area contributed by atoms with E-state index in [1.165, 1.54) is 16.0 Å². The van der Waals surface area contributed by atoms with Crippen LogP contribution in [0.4, 0.5) is 0 Å². The number of aryl methyl sites for hydroxylation is 1. The molecule has 2 aromatic rings. The summed E-state index contributed by atoms with van der Waals surface area (Å²) < 4.78 is 2.21. The number of nitrogens with zero attached hydrogens (tertiary/aromatic N) is 1. The molecule has 0 aliphatic carbocycles. The van der Waals surface area contributed by atoms with Gasteiger partial charge < -0.3 is 5.32 Å². The first-order chi connectivity index (χ1) is 8.11. The van der Waals surface area contributed by atoms with Gasteiger partial charge in [0.15, 0.2) is 0 Å². The number of hydrogen-bond donors (Lipinski definition) is 1. The first kappa shape index (κ1) is 13.2.